The van der Waals surface area contributed by atoms with Crippen molar-refractivity contribution in [3.63, 3.8) is 0 Å². The molecule has 0 fully saturated rings. The van der Waals surface area contributed by atoms with Crippen LogP contribution in [-0.2, 0) is 20.0 Å². The van der Waals surface area contributed by atoms with Crippen LogP contribution in [0.4, 0.5) is 0 Å². The summed E-state index contributed by atoms with van der Waals surface area (Å²) in [6.07, 6.45) is 1.20. The summed E-state index contributed by atoms with van der Waals surface area (Å²) in [5, 5.41) is 2.98. The molecule has 2 aromatic carbocycles. The summed E-state index contributed by atoms with van der Waals surface area (Å²) in [7, 11) is -3.24. The quantitative estimate of drug-likeness (QED) is 0.724. The second kappa shape index (κ2) is 8.99. The summed E-state index contributed by atoms with van der Waals surface area (Å²) in [6.45, 7) is 10.1. The van der Waals surface area contributed by atoms with E-state index < -0.39 is 15.9 Å². The van der Waals surface area contributed by atoms with Gasteiger partial charge in [0.25, 0.3) is 5.91 Å². The molecule has 0 radical (unpaired) electrons. The summed E-state index contributed by atoms with van der Waals surface area (Å²) in [6, 6.07) is 14.2. The number of ether oxygens (including phenoxy) is 1. The molecule has 0 bridgehead atoms. The van der Waals surface area contributed by atoms with Gasteiger partial charge in [-0.05, 0) is 54.2 Å². The first kappa shape index (κ1) is 22.9. The summed E-state index contributed by atoms with van der Waals surface area (Å²) < 4.78 is 29.0. The Kier molecular flexibility index (Phi) is 7.11. The number of carbonyl (C=O) groups excluding carboxylic acids is 1. The number of nitrogens with one attached hydrogen (secondary N) is 1. The molecule has 0 aliphatic rings. The van der Waals surface area contributed by atoms with Crippen LogP contribution in [0.2, 0.25) is 0 Å². The third kappa shape index (κ3) is 6.32. The fourth-order valence-corrected chi connectivity index (χ4v) is 3.58. The summed E-state index contributed by atoms with van der Waals surface area (Å²) >= 11 is 0. The number of rotatable bonds is 7. The van der Waals surface area contributed by atoms with Crippen molar-refractivity contribution in [3.05, 3.63) is 59.7 Å². The molecular weight excluding hydrogens is 386 g/mol. The Morgan fingerprint density at radius 2 is 1.59 bits per heavy atom. The first-order valence-electron chi connectivity index (χ1n) is 9.79. The van der Waals surface area contributed by atoms with Crippen molar-refractivity contribution in [1.82, 2.24) is 5.32 Å². The number of hydrogen-bond acceptors (Lipinski definition) is 4. The van der Waals surface area contributed by atoms with E-state index >= 15 is 0 Å². The van der Waals surface area contributed by atoms with Crippen LogP contribution in [0.15, 0.2) is 53.4 Å². The summed E-state index contributed by atoms with van der Waals surface area (Å²) in [5.41, 5.74) is 2.11. The highest BCUT2D eigenvalue weighted by molar-refractivity contribution is 7.90. The molecule has 0 saturated heterocycles. The summed E-state index contributed by atoms with van der Waals surface area (Å²) in [5.74, 6) is 0.426. The van der Waals surface area contributed by atoms with Crippen LogP contribution in [0, 0.1) is 0 Å². The van der Waals surface area contributed by atoms with Gasteiger partial charge in [0.1, 0.15) is 5.75 Å². The van der Waals surface area contributed by atoms with Crippen LogP contribution in [0.5, 0.6) is 5.75 Å². The Morgan fingerprint density at radius 3 is 2.03 bits per heavy atom. The molecule has 5 nitrogen and oxygen atoms in total. The lowest BCUT2D eigenvalue weighted by molar-refractivity contribution is -0.128. The molecule has 0 saturated carbocycles. The topological polar surface area (TPSA) is 72.5 Å². The first-order valence-corrected chi connectivity index (χ1v) is 11.7. The molecule has 1 N–H and O–H groups in total. The fraction of sp³-hybridized carbons (Fsp3) is 0.435. The van der Waals surface area contributed by atoms with Gasteiger partial charge in [0.05, 0.1) is 10.9 Å². The Morgan fingerprint density at radius 1 is 1.03 bits per heavy atom. The molecule has 29 heavy (non-hydrogen) atoms. The third-order valence-corrected chi connectivity index (χ3v) is 5.97. The Hall–Kier alpha value is -2.34. The van der Waals surface area contributed by atoms with Gasteiger partial charge in [0.15, 0.2) is 15.9 Å². The maximum atomic E-state index is 12.6. The van der Waals surface area contributed by atoms with E-state index in [9.17, 15) is 13.2 Å². The lowest BCUT2D eigenvalue weighted by Gasteiger charge is -2.22. The predicted octanol–water partition coefficient (Wildman–Crippen LogP) is 4.42. The molecule has 158 valence electrons. The van der Waals surface area contributed by atoms with E-state index in [1.165, 1.54) is 11.8 Å². The van der Waals surface area contributed by atoms with Crippen LogP contribution in [-0.4, -0.2) is 26.7 Å². The van der Waals surface area contributed by atoms with Gasteiger partial charge in [-0.1, -0.05) is 52.0 Å². The molecule has 2 aromatic rings. The van der Waals surface area contributed by atoms with Gasteiger partial charge in [-0.2, -0.15) is 0 Å². The second-order valence-corrected chi connectivity index (χ2v) is 10.4. The van der Waals surface area contributed by atoms with E-state index in [1.54, 1.807) is 31.2 Å². The Balaban J connectivity index is 2.03. The zero-order valence-corrected chi connectivity index (χ0v) is 18.8. The van der Waals surface area contributed by atoms with E-state index in [1.807, 2.05) is 31.2 Å². The van der Waals surface area contributed by atoms with Crippen molar-refractivity contribution < 1.29 is 17.9 Å². The van der Waals surface area contributed by atoms with Crippen LogP contribution in [0.1, 0.15) is 58.2 Å². The van der Waals surface area contributed by atoms with Crippen LogP contribution >= 0.6 is 0 Å². The molecule has 0 aromatic heterocycles. The van der Waals surface area contributed by atoms with Gasteiger partial charge < -0.3 is 10.1 Å². The molecule has 0 aliphatic heterocycles. The molecule has 0 spiro atoms. The molecule has 0 aliphatic carbocycles. The maximum Gasteiger partial charge on any atom is 0.261 e. The zero-order valence-electron chi connectivity index (χ0n) is 18.0. The van der Waals surface area contributed by atoms with Crippen LogP contribution in [0.25, 0.3) is 0 Å². The highest BCUT2D eigenvalue weighted by atomic mass is 32.2. The first-order chi connectivity index (χ1) is 13.4. The lowest BCUT2D eigenvalue weighted by Crippen LogP contribution is -2.38. The van der Waals surface area contributed by atoms with Gasteiger partial charge in [-0.25, -0.2) is 8.42 Å². The molecule has 0 unspecified atom stereocenters. The number of amides is 1. The molecule has 6 heteroatoms. The van der Waals surface area contributed by atoms with E-state index in [4.69, 9.17) is 4.74 Å². The number of sulfone groups is 1. The van der Waals surface area contributed by atoms with E-state index in [2.05, 4.69) is 26.1 Å². The van der Waals surface area contributed by atoms with Crippen LogP contribution < -0.4 is 10.1 Å². The molecule has 2 atom stereocenters. The van der Waals surface area contributed by atoms with Crippen molar-refractivity contribution in [1.29, 1.82) is 0 Å². The fourth-order valence-electron chi connectivity index (χ4n) is 2.95. The number of carbonyl (C=O) groups is 1. The van der Waals surface area contributed by atoms with Crippen molar-refractivity contribution in [2.45, 2.75) is 63.5 Å². The standard InChI is InChI=1S/C23H31NO4S/c1-7-21(17-8-14-20(15-9-17)29(6,26)27)24-22(25)16(2)28-19-12-10-18(11-13-19)23(3,4)5/h8-16,21H,7H2,1-6H3,(H,24,25)/t16-,21-/m1/s1. The minimum Gasteiger partial charge on any atom is -0.481 e. The van der Waals surface area contributed by atoms with Gasteiger partial charge in [0, 0.05) is 6.26 Å². The molecule has 1 amide bonds. The van der Waals surface area contributed by atoms with E-state index in [-0.39, 0.29) is 22.3 Å². The largest absolute Gasteiger partial charge is 0.481 e. The van der Waals surface area contributed by atoms with Crippen molar-refractivity contribution in [2.24, 2.45) is 0 Å². The van der Waals surface area contributed by atoms with Crippen molar-refractivity contribution in [2.75, 3.05) is 6.26 Å². The summed E-state index contributed by atoms with van der Waals surface area (Å²) in [4.78, 5) is 12.9. The average molecular weight is 418 g/mol. The number of hydrogen-bond donors (Lipinski definition) is 1. The van der Waals surface area contributed by atoms with Gasteiger partial charge in [-0.3, -0.25) is 4.79 Å². The monoisotopic (exact) mass is 417 g/mol. The van der Waals surface area contributed by atoms with Crippen molar-refractivity contribution in [3.8, 4) is 5.75 Å². The van der Waals surface area contributed by atoms with Gasteiger partial charge in [-0.15, -0.1) is 0 Å². The highest BCUT2D eigenvalue weighted by Gasteiger charge is 2.20. The minimum absolute atomic E-state index is 0.0581. The second-order valence-electron chi connectivity index (χ2n) is 8.35. The SMILES string of the molecule is CC[C@@H](NC(=O)[C@@H](C)Oc1ccc(C(C)(C)C)cc1)c1ccc(S(C)(=O)=O)cc1. The van der Waals surface area contributed by atoms with E-state index in [0.717, 1.165) is 5.56 Å². The minimum atomic E-state index is -3.24. The van der Waals surface area contributed by atoms with Crippen molar-refractivity contribution >= 4 is 15.7 Å². The lowest BCUT2D eigenvalue weighted by atomic mass is 9.87. The maximum absolute atomic E-state index is 12.6. The molecular formula is C23H31NO4S. The molecule has 2 rings (SSSR count). The highest BCUT2D eigenvalue weighted by Crippen LogP contribution is 2.25. The van der Waals surface area contributed by atoms with E-state index in [0.29, 0.717) is 12.2 Å². The zero-order chi connectivity index (χ0) is 21.8. The normalized spacial score (nSPS) is 14.1. The predicted molar refractivity (Wildman–Crippen MR) is 116 cm³/mol. The smallest absolute Gasteiger partial charge is 0.261 e. The number of benzene rings is 2. The Labute approximate surface area is 174 Å². The van der Waals surface area contributed by atoms with Gasteiger partial charge >= 0.3 is 0 Å². The molecule has 0 heterocycles. The third-order valence-electron chi connectivity index (χ3n) is 4.84. The van der Waals surface area contributed by atoms with Crippen LogP contribution in [0.3, 0.4) is 0 Å². The van der Waals surface area contributed by atoms with Gasteiger partial charge in [0.2, 0.25) is 0 Å². The average Bonchev–Trinajstić information content (AvgIpc) is 2.65. The Bertz CT molecular complexity index is 926.